The Balaban J connectivity index is 1.84. The van der Waals surface area contributed by atoms with Gasteiger partial charge in [0.2, 0.25) is 5.91 Å². The summed E-state index contributed by atoms with van der Waals surface area (Å²) in [6, 6.07) is 0. The van der Waals surface area contributed by atoms with E-state index in [0.29, 0.717) is 13.0 Å². The van der Waals surface area contributed by atoms with Crippen LogP contribution in [0.3, 0.4) is 0 Å². The van der Waals surface area contributed by atoms with E-state index in [2.05, 4.69) is 0 Å². The Kier molecular flexibility index (Phi) is 7.04. The molecule has 6 heteroatoms. The monoisotopic (exact) mass is 339 g/mol. The number of likely N-dealkylation sites (N-methyl/N-ethyl adjacent to an activating group) is 1. The summed E-state index contributed by atoms with van der Waals surface area (Å²) in [7, 11) is 1.81. The highest BCUT2D eigenvalue weighted by atomic mass is 16.3. The van der Waals surface area contributed by atoms with Gasteiger partial charge in [0, 0.05) is 32.6 Å². The number of amides is 2. The summed E-state index contributed by atoms with van der Waals surface area (Å²) >= 11 is 0. The minimum atomic E-state index is -1.32. The molecule has 1 heterocycles. The maximum atomic E-state index is 12.8. The molecule has 1 aliphatic carbocycles. The summed E-state index contributed by atoms with van der Waals surface area (Å²) < 4.78 is 0. The molecule has 2 amide bonds. The van der Waals surface area contributed by atoms with E-state index >= 15 is 0 Å². The Bertz CT molecular complexity index is 437. The largest absolute Gasteiger partial charge is 0.379 e. The molecule has 2 rings (SSSR count). The lowest BCUT2D eigenvalue weighted by molar-refractivity contribution is -0.159. The molecule has 0 bridgehead atoms. The molecule has 0 aromatic carbocycles. The Morgan fingerprint density at radius 2 is 2.04 bits per heavy atom. The van der Waals surface area contributed by atoms with Crippen molar-refractivity contribution in [1.29, 1.82) is 0 Å². The number of nitrogens with two attached hydrogens (primary N) is 1. The van der Waals surface area contributed by atoms with Gasteiger partial charge in [-0.2, -0.15) is 0 Å². The van der Waals surface area contributed by atoms with E-state index < -0.39 is 5.60 Å². The number of rotatable bonds is 8. The zero-order valence-electron chi connectivity index (χ0n) is 15.0. The third-order valence-corrected chi connectivity index (χ3v) is 5.51. The van der Waals surface area contributed by atoms with Crippen LogP contribution < -0.4 is 5.73 Å². The molecule has 138 valence electrons. The molecule has 1 atom stereocenters. The van der Waals surface area contributed by atoms with E-state index in [9.17, 15) is 14.7 Å². The summed E-state index contributed by atoms with van der Waals surface area (Å²) in [6.45, 7) is 2.24. The highest BCUT2D eigenvalue weighted by Crippen LogP contribution is 2.28. The summed E-state index contributed by atoms with van der Waals surface area (Å²) in [5.41, 5.74) is 3.84. The molecule has 0 aromatic heterocycles. The van der Waals surface area contributed by atoms with Gasteiger partial charge >= 0.3 is 0 Å². The topological polar surface area (TPSA) is 86.9 Å². The van der Waals surface area contributed by atoms with Gasteiger partial charge in [-0.3, -0.25) is 9.59 Å². The summed E-state index contributed by atoms with van der Waals surface area (Å²) in [4.78, 5) is 27.3. The normalized spacial score (nSPS) is 26.1. The highest BCUT2D eigenvalue weighted by Gasteiger charge is 2.42. The van der Waals surface area contributed by atoms with Crippen LogP contribution in [0.25, 0.3) is 0 Å². The average Bonchev–Trinajstić information content (AvgIpc) is 2.55. The standard InChI is InChI=1S/C18H33N3O3/c1-20(12-9-16(19)22)14-18(24)10-5-11-21(17(18)23)13-8-15-6-3-2-4-7-15/h15,24H,2-14H2,1H3,(H2,19,22)/t18-/m0/s1. The van der Waals surface area contributed by atoms with Crippen molar-refractivity contribution in [1.82, 2.24) is 9.80 Å². The van der Waals surface area contributed by atoms with Crippen molar-refractivity contribution in [2.24, 2.45) is 11.7 Å². The van der Waals surface area contributed by atoms with Crippen molar-refractivity contribution in [3.05, 3.63) is 0 Å². The van der Waals surface area contributed by atoms with E-state index in [1.54, 1.807) is 0 Å². The molecular weight excluding hydrogens is 306 g/mol. The van der Waals surface area contributed by atoms with Crippen LogP contribution in [-0.2, 0) is 9.59 Å². The van der Waals surface area contributed by atoms with Crippen LogP contribution in [0.5, 0.6) is 0 Å². The van der Waals surface area contributed by atoms with Crippen molar-refractivity contribution in [3.63, 3.8) is 0 Å². The van der Waals surface area contributed by atoms with Crippen LogP contribution in [0.1, 0.15) is 57.8 Å². The molecule has 1 saturated carbocycles. The first-order chi connectivity index (χ1) is 11.4. The average molecular weight is 339 g/mol. The molecule has 1 saturated heterocycles. The zero-order chi connectivity index (χ0) is 17.6. The van der Waals surface area contributed by atoms with Crippen LogP contribution >= 0.6 is 0 Å². The zero-order valence-corrected chi connectivity index (χ0v) is 15.0. The lowest BCUT2D eigenvalue weighted by Crippen LogP contribution is -2.58. The van der Waals surface area contributed by atoms with Gasteiger partial charge in [-0.25, -0.2) is 0 Å². The van der Waals surface area contributed by atoms with Crippen LogP contribution in [0, 0.1) is 5.92 Å². The number of aliphatic hydroxyl groups is 1. The van der Waals surface area contributed by atoms with E-state index in [0.717, 1.165) is 31.8 Å². The fourth-order valence-electron chi connectivity index (χ4n) is 4.07. The smallest absolute Gasteiger partial charge is 0.255 e. The number of primary amides is 1. The second kappa shape index (κ2) is 8.81. The molecule has 6 nitrogen and oxygen atoms in total. The SMILES string of the molecule is CN(CCC(N)=O)C[C@@]1(O)CCCN(CCC2CCCCC2)C1=O. The fourth-order valence-corrected chi connectivity index (χ4v) is 4.07. The highest BCUT2D eigenvalue weighted by molar-refractivity contribution is 5.86. The van der Waals surface area contributed by atoms with Crippen LogP contribution in [0.4, 0.5) is 0 Å². The number of hydrogen-bond donors (Lipinski definition) is 2. The molecule has 0 aromatic rings. The first-order valence-electron chi connectivity index (χ1n) is 9.39. The van der Waals surface area contributed by atoms with E-state index in [1.165, 1.54) is 32.1 Å². The lowest BCUT2D eigenvalue weighted by Gasteiger charge is -2.40. The van der Waals surface area contributed by atoms with Crippen molar-refractivity contribution in [3.8, 4) is 0 Å². The van der Waals surface area contributed by atoms with Crippen molar-refractivity contribution in [2.45, 2.75) is 63.4 Å². The van der Waals surface area contributed by atoms with Crippen LogP contribution in [0.15, 0.2) is 0 Å². The first kappa shape index (κ1) is 19.2. The third kappa shape index (κ3) is 5.45. The number of nitrogens with zero attached hydrogens (tertiary/aromatic N) is 2. The maximum Gasteiger partial charge on any atom is 0.255 e. The number of carbonyl (C=O) groups excluding carboxylic acids is 2. The second-order valence-corrected chi connectivity index (χ2v) is 7.67. The van der Waals surface area contributed by atoms with Crippen molar-refractivity contribution in [2.75, 3.05) is 33.2 Å². The van der Waals surface area contributed by atoms with E-state index in [1.807, 2.05) is 16.8 Å². The van der Waals surface area contributed by atoms with Crippen LogP contribution in [0.2, 0.25) is 0 Å². The minimum Gasteiger partial charge on any atom is -0.379 e. The predicted octanol–water partition coefficient (Wildman–Crippen LogP) is 1.12. The number of likely N-dealkylation sites (tertiary alicyclic amines) is 1. The third-order valence-electron chi connectivity index (χ3n) is 5.51. The molecule has 3 N–H and O–H groups in total. The van der Waals surface area contributed by atoms with Crippen molar-refractivity contribution < 1.29 is 14.7 Å². The lowest BCUT2D eigenvalue weighted by atomic mass is 9.86. The van der Waals surface area contributed by atoms with Gasteiger partial charge in [0.15, 0.2) is 5.60 Å². The molecular formula is C18H33N3O3. The minimum absolute atomic E-state index is 0.143. The molecule has 1 aliphatic heterocycles. The quantitative estimate of drug-likeness (QED) is 0.694. The Morgan fingerprint density at radius 3 is 2.71 bits per heavy atom. The maximum absolute atomic E-state index is 12.8. The van der Waals surface area contributed by atoms with Gasteiger partial charge in [0.05, 0.1) is 0 Å². The summed E-state index contributed by atoms with van der Waals surface area (Å²) in [6.07, 6.45) is 9.15. The van der Waals surface area contributed by atoms with Crippen molar-refractivity contribution >= 4 is 11.8 Å². The summed E-state index contributed by atoms with van der Waals surface area (Å²) in [5, 5.41) is 10.8. The fraction of sp³-hybridized carbons (Fsp3) is 0.889. The Hall–Kier alpha value is -1.14. The molecule has 0 unspecified atom stereocenters. The van der Waals surface area contributed by atoms with Gasteiger partial charge in [-0.05, 0) is 32.2 Å². The van der Waals surface area contributed by atoms with Crippen LogP contribution in [-0.4, -0.2) is 65.5 Å². The van der Waals surface area contributed by atoms with Gasteiger partial charge < -0.3 is 20.6 Å². The van der Waals surface area contributed by atoms with E-state index in [4.69, 9.17) is 5.73 Å². The first-order valence-corrected chi connectivity index (χ1v) is 9.39. The number of hydrogen-bond acceptors (Lipinski definition) is 4. The van der Waals surface area contributed by atoms with Gasteiger partial charge in [-0.15, -0.1) is 0 Å². The predicted molar refractivity (Wildman–Crippen MR) is 93.3 cm³/mol. The van der Waals surface area contributed by atoms with Gasteiger partial charge in [-0.1, -0.05) is 32.1 Å². The molecule has 2 aliphatic rings. The molecule has 0 radical (unpaired) electrons. The van der Waals surface area contributed by atoms with E-state index in [-0.39, 0.29) is 24.8 Å². The number of carbonyl (C=O) groups is 2. The summed E-state index contributed by atoms with van der Waals surface area (Å²) in [5.74, 6) is 0.230. The van der Waals surface area contributed by atoms with Gasteiger partial charge in [0.25, 0.3) is 5.91 Å². The second-order valence-electron chi connectivity index (χ2n) is 7.67. The molecule has 2 fully saturated rings. The number of piperidine rings is 1. The van der Waals surface area contributed by atoms with Gasteiger partial charge in [0.1, 0.15) is 0 Å². The molecule has 0 spiro atoms. The Labute approximate surface area is 145 Å². The Morgan fingerprint density at radius 1 is 1.33 bits per heavy atom. The molecule has 24 heavy (non-hydrogen) atoms.